The first-order valence-corrected chi connectivity index (χ1v) is 8.86. The van der Waals surface area contributed by atoms with E-state index in [1.807, 2.05) is 0 Å². The molecule has 0 bridgehead atoms. The highest BCUT2D eigenvalue weighted by molar-refractivity contribution is 6.77. The Balaban J connectivity index is 4.38. The molecule has 0 aromatic carbocycles. The van der Waals surface area contributed by atoms with Crippen LogP contribution in [0.1, 0.15) is 41.5 Å². The molecule has 0 heterocycles. The largest absolute Gasteiger partial charge is 0.414 e. The second kappa shape index (κ2) is 8.24. The second-order valence-electron chi connectivity index (χ2n) is 5.50. The van der Waals surface area contributed by atoms with E-state index in [1.54, 1.807) is 0 Å². The fourth-order valence-electron chi connectivity index (χ4n) is 2.94. The Hall–Kier alpha value is 0.0969. The smallest absolute Gasteiger partial charge is 0.200 e. The average molecular weight is 262 g/mol. The van der Waals surface area contributed by atoms with Gasteiger partial charge in [-0.1, -0.05) is 41.5 Å². The minimum atomic E-state index is -1.73. The van der Waals surface area contributed by atoms with Gasteiger partial charge >= 0.3 is 0 Å². The van der Waals surface area contributed by atoms with Crippen LogP contribution in [0.3, 0.4) is 0 Å². The number of rotatable bonds is 9. The van der Waals surface area contributed by atoms with E-state index in [0.29, 0.717) is 36.4 Å². The Kier molecular flexibility index (Phi) is 8.29. The van der Waals surface area contributed by atoms with E-state index in [2.05, 4.69) is 41.5 Å². The van der Waals surface area contributed by atoms with Crippen molar-refractivity contribution >= 4 is 8.32 Å². The third-order valence-electron chi connectivity index (χ3n) is 3.52. The molecular formula is C13H30O3Si. The molecule has 0 saturated heterocycles. The first-order valence-electron chi connectivity index (χ1n) is 6.72. The van der Waals surface area contributed by atoms with Gasteiger partial charge in [0.25, 0.3) is 0 Å². The topological polar surface area (TPSA) is 38.7 Å². The molecule has 3 nitrogen and oxygen atoms in total. The van der Waals surface area contributed by atoms with Crippen molar-refractivity contribution in [2.24, 2.45) is 0 Å². The van der Waals surface area contributed by atoms with Gasteiger partial charge in [-0.15, -0.1) is 0 Å². The molecule has 1 N–H and O–H groups in total. The summed E-state index contributed by atoms with van der Waals surface area (Å²) in [5, 5.41) is 8.63. The monoisotopic (exact) mass is 262 g/mol. The third kappa shape index (κ3) is 4.70. The van der Waals surface area contributed by atoms with Gasteiger partial charge in [0, 0.05) is 0 Å². The van der Waals surface area contributed by atoms with Crippen molar-refractivity contribution < 1.29 is 14.3 Å². The lowest BCUT2D eigenvalue weighted by molar-refractivity contribution is 0.0663. The second-order valence-corrected chi connectivity index (χ2v) is 11.0. The molecule has 0 aromatic heterocycles. The van der Waals surface area contributed by atoms with Crippen molar-refractivity contribution in [2.45, 2.75) is 58.2 Å². The lowest BCUT2D eigenvalue weighted by atomic mass is 10.5. The molecular weight excluding hydrogens is 232 g/mol. The molecule has 0 rings (SSSR count). The van der Waals surface area contributed by atoms with Crippen molar-refractivity contribution in [3.8, 4) is 0 Å². The zero-order valence-electron chi connectivity index (χ0n) is 12.3. The molecule has 0 radical (unpaired) electrons. The number of aliphatic hydroxyl groups is 1. The molecule has 0 saturated carbocycles. The van der Waals surface area contributed by atoms with Crippen LogP contribution in [0.5, 0.6) is 0 Å². The van der Waals surface area contributed by atoms with Crippen molar-refractivity contribution in [1.29, 1.82) is 0 Å². The van der Waals surface area contributed by atoms with Crippen LogP contribution >= 0.6 is 0 Å². The van der Waals surface area contributed by atoms with Crippen LogP contribution in [-0.2, 0) is 9.16 Å². The van der Waals surface area contributed by atoms with E-state index < -0.39 is 8.32 Å². The van der Waals surface area contributed by atoms with Crippen LogP contribution in [0.15, 0.2) is 0 Å². The molecule has 0 aliphatic carbocycles. The lowest BCUT2D eigenvalue weighted by Crippen LogP contribution is -2.48. The summed E-state index contributed by atoms with van der Waals surface area (Å²) < 4.78 is 11.6. The highest BCUT2D eigenvalue weighted by Crippen LogP contribution is 2.41. The zero-order chi connectivity index (χ0) is 13.5. The van der Waals surface area contributed by atoms with Gasteiger partial charge in [-0.25, -0.2) is 0 Å². The van der Waals surface area contributed by atoms with Crippen molar-refractivity contribution in [3.05, 3.63) is 0 Å². The molecule has 4 heteroatoms. The van der Waals surface area contributed by atoms with E-state index in [4.69, 9.17) is 14.3 Å². The number of ether oxygens (including phenoxy) is 1. The van der Waals surface area contributed by atoms with Gasteiger partial charge in [0.2, 0.25) is 0 Å². The average Bonchev–Trinajstić information content (AvgIpc) is 2.21. The Morgan fingerprint density at radius 2 is 1.29 bits per heavy atom. The third-order valence-corrected chi connectivity index (χ3v) is 9.64. The van der Waals surface area contributed by atoms with Crippen LogP contribution in [0.25, 0.3) is 0 Å². The van der Waals surface area contributed by atoms with Crippen LogP contribution in [-0.4, -0.2) is 39.9 Å². The quantitative estimate of drug-likeness (QED) is 0.512. The van der Waals surface area contributed by atoms with Crippen LogP contribution in [0.2, 0.25) is 16.6 Å². The minimum Gasteiger partial charge on any atom is -0.414 e. The van der Waals surface area contributed by atoms with Gasteiger partial charge in [0.05, 0.1) is 26.4 Å². The normalized spacial score (nSPS) is 13.1. The maximum absolute atomic E-state index is 8.63. The molecule has 0 aliphatic rings. The first kappa shape index (κ1) is 17.1. The highest BCUT2D eigenvalue weighted by Gasteiger charge is 2.44. The summed E-state index contributed by atoms with van der Waals surface area (Å²) >= 11 is 0. The zero-order valence-corrected chi connectivity index (χ0v) is 13.3. The van der Waals surface area contributed by atoms with E-state index in [0.717, 1.165) is 0 Å². The summed E-state index contributed by atoms with van der Waals surface area (Å²) in [6, 6.07) is 0. The van der Waals surface area contributed by atoms with Crippen LogP contribution < -0.4 is 0 Å². The van der Waals surface area contributed by atoms with Crippen LogP contribution in [0.4, 0.5) is 0 Å². The summed E-state index contributed by atoms with van der Waals surface area (Å²) in [5.74, 6) is 0. The maximum atomic E-state index is 8.63. The molecule has 0 spiro atoms. The molecule has 0 aromatic rings. The Labute approximate surface area is 108 Å². The number of hydrogen-bond acceptors (Lipinski definition) is 3. The Bertz CT molecular complexity index is 171. The molecule has 0 atom stereocenters. The predicted octanol–water partition coefficient (Wildman–Crippen LogP) is 3.19. The molecule has 17 heavy (non-hydrogen) atoms. The fraction of sp³-hybridized carbons (Fsp3) is 1.00. The summed E-state index contributed by atoms with van der Waals surface area (Å²) in [6.07, 6.45) is 0. The summed E-state index contributed by atoms with van der Waals surface area (Å²) in [5.41, 5.74) is 1.83. The predicted molar refractivity (Wildman–Crippen MR) is 74.9 cm³/mol. The Morgan fingerprint density at radius 1 is 0.824 bits per heavy atom. The Morgan fingerprint density at radius 3 is 1.65 bits per heavy atom. The molecule has 0 aliphatic heterocycles. The minimum absolute atomic E-state index is 0.0844. The lowest BCUT2D eigenvalue weighted by Gasteiger charge is -2.42. The highest BCUT2D eigenvalue weighted by atomic mass is 28.4. The standard InChI is InChI=1S/C13H30O3Si/c1-11(2)17(12(3)4,13(5)6)16-10-9-15-8-7-14/h11-14H,7-10H2,1-6H3. The molecule has 0 fully saturated rings. The molecule has 0 unspecified atom stereocenters. The van der Waals surface area contributed by atoms with Gasteiger partial charge in [0.15, 0.2) is 8.32 Å². The summed E-state index contributed by atoms with van der Waals surface area (Å²) in [4.78, 5) is 0. The van der Waals surface area contributed by atoms with E-state index in [9.17, 15) is 0 Å². The van der Waals surface area contributed by atoms with Gasteiger partial charge < -0.3 is 14.3 Å². The van der Waals surface area contributed by atoms with Gasteiger partial charge in [0.1, 0.15) is 0 Å². The summed E-state index contributed by atoms with van der Waals surface area (Å²) in [7, 11) is -1.73. The van der Waals surface area contributed by atoms with Crippen LogP contribution in [0, 0.1) is 0 Å². The van der Waals surface area contributed by atoms with Crippen molar-refractivity contribution in [1.82, 2.24) is 0 Å². The molecule has 0 amide bonds. The van der Waals surface area contributed by atoms with Crippen molar-refractivity contribution in [3.63, 3.8) is 0 Å². The van der Waals surface area contributed by atoms with Gasteiger partial charge in [-0.2, -0.15) is 0 Å². The summed E-state index contributed by atoms with van der Waals surface area (Å²) in [6.45, 7) is 15.4. The molecule has 104 valence electrons. The SMILES string of the molecule is CC(C)[Si](OCCOCCO)(C(C)C)C(C)C. The fourth-order valence-corrected chi connectivity index (χ4v) is 8.38. The van der Waals surface area contributed by atoms with E-state index in [1.165, 1.54) is 0 Å². The first-order chi connectivity index (χ1) is 7.89. The van der Waals surface area contributed by atoms with E-state index in [-0.39, 0.29) is 6.61 Å². The van der Waals surface area contributed by atoms with Crippen molar-refractivity contribution in [2.75, 3.05) is 26.4 Å². The maximum Gasteiger partial charge on any atom is 0.200 e. The van der Waals surface area contributed by atoms with Gasteiger partial charge in [-0.05, 0) is 16.6 Å². The number of aliphatic hydroxyl groups excluding tert-OH is 1. The number of hydrogen-bond donors (Lipinski definition) is 1. The van der Waals surface area contributed by atoms with E-state index >= 15 is 0 Å². The van der Waals surface area contributed by atoms with Gasteiger partial charge in [-0.3, -0.25) is 0 Å².